The van der Waals surface area contributed by atoms with E-state index < -0.39 is 13.0 Å². The van der Waals surface area contributed by atoms with Crippen LogP contribution in [0.3, 0.4) is 0 Å². The molecule has 0 spiro atoms. The van der Waals surface area contributed by atoms with Crippen molar-refractivity contribution in [1.29, 1.82) is 0 Å². The monoisotopic (exact) mass is 191 g/mol. The Morgan fingerprint density at radius 1 is 1.31 bits per heavy atom. The number of nitrogens with two attached hydrogens (primary N) is 1. The van der Waals surface area contributed by atoms with E-state index in [9.17, 15) is 13.2 Å². The first-order valence-corrected chi connectivity index (χ1v) is 3.52. The molecule has 0 atom stereocenters. The SMILES string of the molecule is Nc1cccc(COC(F)(F)F)c1. The Labute approximate surface area is 73.1 Å². The van der Waals surface area contributed by atoms with Gasteiger partial charge in [-0.25, -0.2) is 0 Å². The number of ether oxygens (including phenoxy) is 1. The first-order chi connectivity index (χ1) is 5.97. The molecular formula is C8H8F3NO. The molecule has 5 heteroatoms. The van der Waals surface area contributed by atoms with E-state index in [-0.39, 0.29) is 0 Å². The van der Waals surface area contributed by atoms with E-state index in [1.54, 1.807) is 12.1 Å². The number of anilines is 1. The summed E-state index contributed by atoms with van der Waals surface area (Å²) in [7, 11) is 0. The summed E-state index contributed by atoms with van der Waals surface area (Å²) in [4.78, 5) is 0. The van der Waals surface area contributed by atoms with Gasteiger partial charge in [0.15, 0.2) is 0 Å². The fourth-order valence-corrected chi connectivity index (χ4v) is 0.848. The molecule has 0 radical (unpaired) electrons. The number of hydrogen-bond acceptors (Lipinski definition) is 2. The third kappa shape index (κ3) is 3.80. The number of alkyl halides is 3. The van der Waals surface area contributed by atoms with E-state index in [1.807, 2.05) is 0 Å². The molecule has 13 heavy (non-hydrogen) atoms. The number of halogens is 3. The molecule has 0 saturated heterocycles. The van der Waals surface area contributed by atoms with Crippen LogP contribution in [0.25, 0.3) is 0 Å². The fourth-order valence-electron chi connectivity index (χ4n) is 0.848. The van der Waals surface area contributed by atoms with Gasteiger partial charge in [0.2, 0.25) is 0 Å². The Balaban J connectivity index is 2.55. The van der Waals surface area contributed by atoms with Crippen LogP contribution in [0.5, 0.6) is 0 Å². The highest BCUT2D eigenvalue weighted by atomic mass is 19.4. The molecule has 0 aliphatic carbocycles. The highest BCUT2D eigenvalue weighted by Gasteiger charge is 2.28. The molecule has 0 aromatic heterocycles. The second-order valence-electron chi connectivity index (χ2n) is 2.48. The Bertz CT molecular complexity index is 285. The molecule has 0 bridgehead atoms. The summed E-state index contributed by atoms with van der Waals surface area (Å²) in [5, 5.41) is 0. The van der Waals surface area contributed by atoms with Gasteiger partial charge in [-0.05, 0) is 17.7 Å². The van der Waals surface area contributed by atoms with Gasteiger partial charge in [-0.1, -0.05) is 12.1 Å². The second kappa shape index (κ2) is 3.66. The van der Waals surface area contributed by atoms with Crippen LogP contribution in [-0.2, 0) is 11.3 Å². The molecule has 0 fully saturated rings. The topological polar surface area (TPSA) is 35.2 Å². The van der Waals surface area contributed by atoms with Crippen molar-refractivity contribution in [2.24, 2.45) is 0 Å². The van der Waals surface area contributed by atoms with Crippen LogP contribution in [0.4, 0.5) is 18.9 Å². The zero-order valence-corrected chi connectivity index (χ0v) is 6.64. The first kappa shape index (κ1) is 9.85. The molecule has 0 heterocycles. The van der Waals surface area contributed by atoms with Crippen LogP contribution in [0, 0.1) is 0 Å². The smallest absolute Gasteiger partial charge is 0.399 e. The largest absolute Gasteiger partial charge is 0.522 e. The molecular weight excluding hydrogens is 183 g/mol. The highest BCUT2D eigenvalue weighted by molar-refractivity contribution is 5.40. The van der Waals surface area contributed by atoms with Crippen molar-refractivity contribution in [3.05, 3.63) is 29.8 Å². The van der Waals surface area contributed by atoms with Gasteiger partial charge in [-0.3, -0.25) is 4.74 Å². The number of nitrogen functional groups attached to an aromatic ring is 1. The summed E-state index contributed by atoms with van der Waals surface area (Å²) in [6, 6.07) is 6.12. The highest BCUT2D eigenvalue weighted by Crippen LogP contribution is 2.19. The van der Waals surface area contributed by atoms with Crippen LogP contribution >= 0.6 is 0 Å². The predicted molar refractivity (Wildman–Crippen MR) is 41.7 cm³/mol. The lowest BCUT2D eigenvalue weighted by atomic mass is 10.2. The molecule has 0 amide bonds. The average Bonchev–Trinajstić information content (AvgIpc) is 2.00. The lowest BCUT2D eigenvalue weighted by Gasteiger charge is -2.07. The number of hydrogen-bond donors (Lipinski definition) is 1. The predicted octanol–water partition coefficient (Wildman–Crippen LogP) is 2.31. The minimum absolute atomic E-state index is 0.400. The van der Waals surface area contributed by atoms with Crippen molar-refractivity contribution in [3.63, 3.8) is 0 Å². The summed E-state index contributed by atoms with van der Waals surface area (Å²) in [6.07, 6.45) is -4.59. The lowest BCUT2D eigenvalue weighted by molar-refractivity contribution is -0.330. The standard InChI is InChI=1S/C8H8F3NO/c9-8(10,11)13-5-6-2-1-3-7(12)4-6/h1-4H,5,12H2. The Kier molecular flexibility index (Phi) is 2.77. The molecule has 1 rings (SSSR count). The average molecular weight is 191 g/mol. The minimum Gasteiger partial charge on any atom is -0.399 e. The van der Waals surface area contributed by atoms with Crippen LogP contribution in [0.2, 0.25) is 0 Å². The van der Waals surface area contributed by atoms with Crippen molar-refractivity contribution >= 4 is 5.69 Å². The van der Waals surface area contributed by atoms with Crippen LogP contribution in [0.1, 0.15) is 5.56 Å². The Morgan fingerprint density at radius 2 is 2.00 bits per heavy atom. The van der Waals surface area contributed by atoms with Gasteiger partial charge in [-0.2, -0.15) is 0 Å². The first-order valence-electron chi connectivity index (χ1n) is 3.52. The molecule has 1 aromatic rings. The van der Waals surface area contributed by atoms with Crippen molar-refractivity contribution < 1.29 is 17.9 Å². The maximum atomic E-state index is 11.6. The third-order valence-corrected chi connectivity index (χ3v) is 1.35. The summed E-state index contributed by atoms with van der Waals surface area (Å²) in [6.45, 7) is -0.505. The maximum absolute atomic E-state index is 11.6. The number of rotatable bonds is 2. The summed E-state index contributed by atoms with van der Waals surface area (Å²) in [5.41, 5.74) is 6.18. The molecule has 0 saturated carbocycles. The van der Waals surface area contributed by atoms with E-state index in [0.29, 0.717) is 11.3 Å². The van der Waals surface area contributed by atoms with Gasteiger partial charge in [0.05, 0.1) is 6.61 Å². The van der Waals surface area contributed by atoms with Crippen LogP contribution < -0.4 is 5.73 Å². The van der Waals surface area contributed by atoms with E-state index in [2.05, 4.69) is 4.74 Å². The molecule has 0 aliphatic heterocycles. The molecule has 2 nitrogen and oxygen atoms in total. The van der Waals surface area contributed by atoms with Gasteiger partial charge in [0.25, 0.3) is 0 Å². The van der Waals surface area contributed by atoms with Crippen LogP contribution in [0.15, 0.2) is 24.3 Å². The van der Waals surface area contributed by atoms with Crippen molar-refractivity contribution in [2.75, 3.05) is 5.73 Å². The third-order valence-electron chi connectivity index (χ3n) is 1.35. The zero-order chi connectivity index (χ0) is 9.90. The van der Waals surface area contributed by atoms with Gasteiger partial charge < -0.3 is 5.73 Å². The number of benzene rings is 1. The van der Waals surface area contributed by atoms with Crippen LogP contribution in [-0.4, -0.2) is 6.36 Å². The van der Waals surface area contributed by atoms with Gasteiger partial charge in [-0.15, -0.1) is 13.2 Å². The summed E-state index contributed by atoms with van der Waals surface area (Å²) >= 11 is 0. The zero-order valence-electron chi connectivity index (χ0n) is 6.64. The summed E-state index contributed by atoms with van der Waals surface area (Å²) in [5.74, 6) is 0. The van der Waals surface area contributed by atoms with E-state index in [4.69, 9.17) is 5.73 Å². The Morgan fingerprint density at radius 3 is 2.54 bits per heavy atom. The molecule has 1 aromatic carbocycles. The van der Waals surface area contributed by atoms with Crippen molar-refractivity contribution in [2.45, 2.75) is 13.0 Å². The molecule has 0 aliphatic rings. The van der Waals surface area contributed by atoms with Crippen molar-refractivity contribution in [3.8, 4) is 0 Å². The minimum atomic E-state index is -4.59. The molecule has 0 unspecified atom stereocenters. The maximum Gasteiger partial charge on any atom is 0.522 e. The molecule has 2 N–H and O–H groups in total. The van der Waals surface area contributed by atoms with E-state index in [0.717, 1.165) is 0 Å². The van der Waals surface area contributed by atoms with Gasteiger partial charge >= 0.3 is 6.36 Å². The van der Waals surface area contributed by atoms with E-state index >= 15 is 0 Å². The second-order valence-corrected chi connectivity index (χ2v) is 2.48. The fraction of sp³-hybridized carbons (Fsp3) is 0.250. The van der Waals surface area contributed by atoms with Gasteiger partial charge in [0, 0.05) is 5.69 Å². The quantitative estimate of drug-likeness (QED) is 0.728. The lowest BCUT2D eigenvalue weighted by Crippen LogP contribution is -2.12. The summed E-state index contributed by atoms with van der Waals surface area (Å²) < 4.78 is 38.4. The normalized spacial score (nSPS) is 11.6. The Hall–Kier alpha value is -1.23. The van der Waals surface area contributed by atoms with Crippen molar-refractivity contribution in [1.82, 2.24) is 0 Å². The van der Waals surface area contributed by atoms with E-state index in [1.165, 1.54) is 12.1 Å². The van der Waals surface area contributed by atoms with Gasteiger partial charge in [0.1, 0.15) is 0 Å². The molecule has 72 valence electrons.